The fourth-order valence-corrected chi connectivity index (χ4v) is 2.50. The average molecular weight is 276 g/mol. The molecule has 2 heterocycles. The van der Waals surface area contributed by atoms with Crippen LogP contribution in [0.15, 0.2) is 18.6 Å². The van der Waals surface area contributed by atoms with E-state index in [-0.39, 0.29) is 29.7 Å². The van der Waals surface area contributed by atoms with Gasteiger partial charge in [-0.2, -0.15) is 20.5 Å². The number of aliphatic hydroxyl groups excluding tert-OH is 1. The Morgan fingerprint density at radius 3 is 2.90 bits per heavy atom. The molecule has 8 heteroatoms. The molecule has 0 spiro atoms. The zero-order valence-electron chi connectivity index (χ0n) is 11.0. The molecule has 0 aliphatic heterocycles. The lowest BCUT2D eigenvalue weighted by Crippen LogP contribution is -2.41. The number of amides is 1. The van der Waals surface area contributed by atoms with Crippen molar-refractivity contribution in [3.63, 3.8) is 0 Å². The summed E-state index contributed by atoms with van der Waals surface area (Å²) in [6.07, 6.45) is 6.07. The van der Waals surface area contributed by atoms with Crippen molar-refractivity contribution in [1.29, 1.82) is 0 Å². The van der Waals surface area contributed by atoms with Gasteiger partial charge in [0, 0.05) is 18.8 Å². The standard InChI is InChI=1S/C12H16N6O2/c1-18-6-8(4-14-18)11(7-2-9(19)3-7)15-12(20)10-5-13-17-16-10/h4-7,9,11,19H,2-3H2,1H3,(H,15,20)(H,13,16,17)/t7?,9?,11-/m0/s1. The van der Waals surface area contributed by atoms with Gasteiger partial charge in [-0.15, -0.1) is 0 Å². The van der Waals surface area contributed by atoms with E-state index in [0.717, 1.165) is 5.56 Å². The Balaban J connectivity index is 1.77. The van der Waals surface area contributed by atoms with Crippen molar-refractivity contribution in [2.24, 2.45) is 13.0 Å². The molecule has 0 unspecified atom stereocenters. The third-order valence-electron chi connectivity index (χ3n) is 3.64. The van der Waals surface area contributed by atoms with Gasteiger partial charge in [0.05, 0.1) is 24.5 Å². The Morgan fingerprint density at radius 1 is 1.55 bits per heavy atom. The lowest BCUT2D eigenvalue weighted by molar-refractivity contribution is 0.0234. The molecule has 2 aromatic rings. The molecule has 1 aliphatic carbocycles. The van der Waals surface area contributed by atoms with E-state index >= 15 is 0 Å². The van der Waals surface area contributed by atoms with E-state index in [1.54, 1.807) is 10.9 Å². The van der Waals surface area contributed by atoms with E-state index < -0.39 is 0 Å². The van der Waals surface area contributed by atoms with E-state index in [2.05, 4.69) is 25.8 Å². The predicted octanol–water partition coefficient (Wildman–Crippen LogP) is -0.220. The first kappa shape index (κ1) is 12.8. The van der Waals surface area contributed by atoms with E-state index in [4.69, 9.17) is 0 Å². The molecular weight excluding hydrogens is 260 g/mol. The fourth-order valence-electron chi connectivity index (χ4n) is 2.50. The summed E-state index contributed by atoms with van der Waals surface area (Å²) in [5.74, 6) is -0.0703. The molecule has 20 heavy (non-hydrogen) atoms. The van der Waals surface area contributed by atoms with E-state index in [0.29, 0.717) is 12.8 Å². The molecule has 2 aromatic heterocycles. The van der Waals surface area contributed by atoms with Crippen LogP contribution in [-0.4, -0.2) is 42.3 Å². The normalized spacial score (nSPS) is 23.1. The van der Waals surface area contributed by atoms with Gasteiger partial charge in [-0.3, -0.25) is 9.48 Å². The Kier molecular flexibility index (Phi) is 3.23. The van der Waals surface area contributed by atoms with Gasteiger partial charge in [-0.25, -0.2) is 0 Å². The van der Waals surface area contributed by atoms with Crippen LogP contribution in [0.2, 0.25) is 0 Å². The minimum absolute atomic E-state index is 0.170. The highest BCUT2D eigenvalue weighted by molar-refractivity contribution is 5.92. The largest absolute Gasteiger partial charge is 0.393 e. The molecule has 0 radical (unpaired) electrons. The summed E-state index contributed by atoms with van der Waals surface area (Å²) < 4.78 is 1.69. The number of nitrogens with one attached hydrogen (secondary N) is 2. The molecule has 0 aromatic carbocycles. The van der Waals surface area contributed by atoms with Crippen molar-refractivity contribution in [3.05, 3.63) is 29.8 Å². The maximum absolute atomic E-state index is 12.1. The quantitative estimate of drug-likeness (QED) is 0.715. The van der Waals surface area contributed by atoms with Crippen molar-refractivity contribution >= 4 is 5.91 Å². The number of nitrogens with zero attached hydrogens (tertiary/aromatic N) is 4. The summed E-state index contributed by atoms with van der Waals surface area (Å²) in [4.78, 5) is 12.1. The van der Waals surface area contributed by atoms with Crippen LogP contribution in [0, 0.1) is 5.92 Å². The van der Waals surface area contributed by atoms with Crippen molar-refractivity contribution < 1.29 is 9.90 Å². The summed E-state index contributed by atoms with van der Waals surface area (Å²) in [5, 5.41) is 26.4. The topological polar surface area (TPSA) is 109 Å². The van der Waals surface area contributed by atoms with Crippen LogP contribution in [0.25, 0.3) is 0 Å². The second-order valence-electron chi connectivity index (χ2n) is 5.14. The Morgan fingerprint density at radius 2 is 2.35 bits per heavy atom. The van der Waals surface area contributed by atoms with Crippen LogP contribution >= 0.6 is 0 Å². The molecule has 8 nitrogen and oxygen atoms in total. The number of H-pyrrole nitrogens is 1. The van der Waals surface area contributed by atoms with Crippen LogP contribution in [0.3, 0.4) is 0 Å². The Bertz CT molecular complexity index is 587. The molecule has 1 aliphatic rings. The second-order valence-corrected chi connectivity index (χ2v) is 5.14. The smallest absolute Gasteiger partial charge is 0.273 e. The molecule has 3 N–H and O–H groups in total. The number of hydrogen-bond acceptors (Lipinski definition) is 5. The average Bonchev–Trinajstić information content (AvgIpc) is 3.03. The van der Waals surface area contributed by atoms with Crippen molar-refractivity contribution in [3.8, 4) is 0 Å². The third kappa shape index (κ3) is 2.42. The first-order valence-electron chi connectivity index (χ1n) is 6.46. The third-order valence-corrected chi connectivity index (χ3v) is 3.64. The van der Waals surface area contributed by atoms with Crippen molar-refractivity contribution in [2.75, 3.05) is 0 Å². The number of rotatable bonds is 4. The summed E-state index contributed by atoms with van der Waals surface area (Å²) in [7, 11) is 1.83. The van der Waals surface area contributed by atoms with Crippen molar-refractivity contribution in [2.45, 2.75) is 25.0 Å². The Labute approximate surface area is 115 Å². The maximum atomic E-state index is 12.1. The van der Waals surface area contributed by atoms with Gasteiger partial charge in [0.2, 0.25) is 0 Å². The van der Waals surface area contributed by atoms with E-state index in [1.165, 1.54) is 6.20 Å². The van der Waals surface area contributed by atoms with Gasteiger partial charge in [0.25, 0.3) is 5.91 Å². The zero-order chi connectivity index (χ0) is 14.1. The van der Waals surface area contributed by atoms with Crippen LogP contribution in [0.5, 0.6) is 0 Å². The molecular formula is C12H16N6O2. The molecule has 0 saturated heterocycles. The van der Waals surface area contributed by atoms with Gasteiger partial charge in [-0.1, -0.05) is 0 Å². The van der Waals surface area contributed by atoms with Crippen molar-refractivity contribution in [1.82, 2.24) is 30.5 Å². The number of aliphatic hydroxyl groups is 1. The molecule has 1 fully saturated rings. The van der Waals surface area contributed by atoms with Gasteiger partial charge in [0.1, 0.15) is 0 Å². The number of hydrogen-bond donors (Lipinski definition) is 3. The van der Waals surface area contributed by atoms with Gasteiger partial charge >= 0.3 is 0 Å². The first-order chi connectivity index (χ1) is 9.63. The summed E-state index contributed by atoms with van der Waals surface area (Å²) in [5.41, 5.74) is 1.18. The summed E-state index contributed by atoms with van der Waals surface area (Å²) in [6, 6.07) is -0.170. The second kappa shape index (κ2) is 5.04. The summed E-state index contributed by atoms with van der Waals surface area (Å²) in [6.45, 7) is 0. The molecule has 1 atom stereocenters. The first-order valence-corrected chi connectivity index (χ1v) is 6.46. The number of aryl methyl sites for hydroxylation is 1. The van der Waals surface area contributed by atoms with E-state index in [1.807, 2.05) is 13.2 Å². The maximum Gasteiger partial charge on any atom is 0.273 e. The highest BCUT2D eigenvalue weighted by Crippen LogP contribution is 2.38. The zero-order valence-corrected chi connectivity index (χ0v) is 11.0. The summed E-state index contributed by atoms with van der Waals surface area (Å²) >= 11 is 0. The SMILES string of the molecule is Cn1cc([C@@H](NC(=O)c2cn[nH]n2)C2CC(O)C2)cn1. The monoisotopic (exact) mass is 276 g/mol. The molecule has 3 rings (SSSR count). The van der Waals surface area contributed by atoms with Crippen LogP contribution in [-0.2, 0) is 7.05 Å². The molecule has 1 saturated carbocycles. The van der Waals surface area contributed by atoms with Gasteiger partial charge in [0.15, 0.2) is 5.69 Å². The number of carbonyl (C=O) groups excluding carboxylic acids is 1. The lowest BCUT2D eigenvalue weighted by Gasteiger charge is -2.37. The number of carbonyl (C=O) groups is 1. The minimum Gasteiger partial charge on any atom is -0.393 e. The fraction of sp³-hybridized carbons (Fsp3) is 0.500. The molecule has 106 valence electrons. The number of aromatic nitrogens is 5. The van der Waals surface area contributed by atoms with Gasteiger partial charge < -0.3 is 10.4 Å². The minimum atomic E-state index is -0.283. The van der Waals surface area contributed by atoms with Gasteiger partial charge in [-0.05, 0) is 18.8 Å². The highest BCUT2D eigenvalue weighted by Gasteiger charge is 2.36. The van der Waals surface area contributed by atoms with Crippen LogP contribution in [0.1, 0.15) is 34.9 Å². The highest BCUT2D eigenvalue weighted by atomic mass is 16.3. The lowest BCUT2D eigenvalue weighted by atomic mass is 9.75. The van der Waals surface area contributed by atoms with Crippen LogP contribution in [0.4, 0.5) is 0 Å². The van der Waals surface area contributed by atoms with E-state index in [9.17, 15) is 9.90 Å². The van der Waals surface area contributed by atoms with Crippen LogP contribution < -0.4 is 5.32 Å². The predicted molar refractivity (Wildman–Crippen MR) is 68.5 cm³/mol. The number of aromatic amines is 1. The Hall–Kier alpha value is -2.22. The molecule has 1 amide bonds. The molecule has 0 bridgehead atoms.